The minimum absolute atomic E-state index is 0.120. The molecular formula is C15H24N2O3S. The Labute approximate surface area is 127 Å². The average molecular weight is 312 g/mol. The third-order valence-corrected chi connectivity index (χ3v) is 4.76. The molecule has 0 spiro atoms. The number of anilines is 1. The lowest BCUT2D eigenvalue weighted by Gasteiger charge is -2.18. The summed E-state index contributed by atoms with van der Waals surface area (Å²) in [7, 11) is -0.547. The first-order valence-corrected chi connectivity index (χ1v) is 8.20. The van der Waals surface area contributed by atoms with Gasteiger partial charge in [-0.25, -0.2) is 12.7 Å². The van der Waals surface area contributed by atoms with Gasteiger partial charge in [-0.2, -0.15) is 0 Å². The number of nitrogens with zero attached hydrogens (tertiary/aromatic N) is 1. The summed E-state index contributed by atoms with van der Waals surface area (Å²) in [6.07, 6.45) is 0.372. The minimum Gasteiger partial charge on any atom is -0.326 e. The molecule has 1 N–H and O–H groups in total. The van der Waals surface area contributed by atoms with E-state index in [0.717, 1.165) is 9.87 Å². The lowest BCUT2D eigenvalue weighted by Crippen LogP contribution is -2.23. The van der Waals surface area contributed by atoms with Crippen molar-refractivity contribution in [2.24, 2.45) is 5.41 Å². The number of carbonyl (C=O) groups is 1. The van der Waals surface area contributed by atoms with Crippen molar-refractivity contribution in [1.82, 2.24) is 4.31 Å². The standard InChI is InChI=1S/C15H24N2O3S/c1-11-7-8-12(21(19,20)17(5)6)9-13(11)16-14(18)10-15(2,3)4/h7-9H,10H2,1-6H3,(H,16,18). The van der Waals surface area contributed by atoms with Crippen molar-refractivity contribution in [3.63, 3.8) is 0 Å². The van der Waals surface area contributed by atoms with Crippen LogP contribution in [0.1, 0.15) is 32.8 Å². The van der Waals surface area contributed by atoms with Crippen LogP contribution in [-0.2, 0) is 14.8 Å². The summed E-state index contributed by atoms with van der Waals surface area (Å²) < 4.78 is 25.4. The first-order chi connectivity index (χ1) is 9.43. The second-order valence-electron chi connectivity index (χ2n) is 6.55. The van der Waals surface area contributed by atoms with Gasteiger partial charge in [0.05, 0.1) is 4.90 Å². The van der Waals surface area contributed by atoms with Gasteiger partial charge in [-0.1, -0.05) is 26.8 Å². The Morgan fingerprint density at radius 3 is 2.29 bits per heavy atom. The summed E-state index contributed by atoms with van der Waals surface area (Å²) in [5.74, 6) is -0.120. The number of rotatable bonds is 4. The van der Waals surface area contributed by atoms with Crippen LogP contribution in [0.5, 0.6) is 0 Å². The van der Waals surface area contributed by atoms with Gasteiger partial charge in [0.25, 0.3) is 0 Å². The zero-order valence-electron chi connectivity index (χ0n) is 13.5. The fourth-order valence-corrected chi connectivity index (χ4v) is 2.71. The second-order valence-corrected chi connectivity index (χ2v) is 8.70. The Hall–Kier alpha value is -1.40. The predicted molar refractivity (Wildman–Crippen MR) is 84.8 cm³/mol. The molecule has 0 saturated carbocycles. The van der Waals surface area contributed by atoms with Gasteiger partial charge in [0.1, 0.15) is 0 Å². The molecular weight excluding hydrogens is 288 g/mol. The molecule has 0 aliphatic carbocycles. The number of nitrogens with one attached hydrogen (secondary N) is 1. The highest BCUT2D eigenvalue weighted by molar-refractivity contribution is 7.89. The average Bonchev–Trinajstić information content (AvgIpc) is 2.29. The molecule has 0 unspecified atom stereocenters. The van der Waals surface area contributed by atoms with Gasteiger partial charge in [-0.05, 0) is 30.0 Å². The molecule has 0 aromatic heterocycles. The van der Waals surface area contributed by atoms with E-state index >= 15 is 0 Å². The van der Waals surface area contributed by atoms with Crippen molar-refractivity contribution >= 4 is 21.6 Å². The number of sulfonamides is 1. The van der Waals surface area contributed by atoms with Crippen LogP contribution in [0.2, 0.25) is 0 Å². The molecule has 0 bridgehead atoms. The van der Waals surface area contributed by atoms with E-state index < -0.39 is 10.0 Å². The maximum absolute atomic E-state index is 12.1. The van der Waals surface area contributed by atoms with E-state index in [2.05, 4.69) is 5.32 Å². The van der Waals surface area contributed by atoms with Gasteiger partial charge in [0.2, 0.25) is 15.9 Å². The summed E-state index contributed by atoms with van der Waals surface area (Å²) in [6, 6.07) is 4.75. The number of aryl methyl sites for hydroxylation is 1. The van der Waals surface area contributed by atoms with Crippen LogP contribution in [0.15, 0.2) is 23.1 Å². The maximum atomic E-state index is 12.1. The van der Waals surface area contributed by atoms with Crippen LogP contribution in [0.25, 0.3) is 0 Å². The Morgan fingerprint density at radius 2 is 1.81 bits per heavy atom. The van der Waals surface area contributed by atoms with E-state index in [9.17, 15) is 13.2 Å². The predicted octanol–water partition coefficient (Wildman–Crippen LogP) is 2.62. The summed E-state index contributed by atoms with van der Waals surface area (Å²) in [5.41, 5.74) is 1.24. The molecule has 118 valence electrons. The van der Waals surface area contributed by atoms with Gasteiger partial charge < -0.3 is 5.32 Å². The van der Waals surface area contributed by atoms with Crippen LogP contribution in [0.4, 0.5) is 5.69 Å². The maximum Gasteiger partial charge on any atom is 0.242 e. The molecule has 0 aliphatic heterocycles. The fourth-order valence-electron chi connectivity index (χ4n) is 1.78. The Balaban J connectivity index is 3.07. The van der Waals surface area contributed by atoms with Crippen LogP contribution in [0.3, 0.4) is 0 Å². The molecule has 0 fully saturated rings. The largest absolute Gasteiger partial charge is 0.326 e. The van der Waals surface area contributed by atoms with E-state index in [4.69, 9.17) is 0 Å². The quantitative estimate of drug-likeness (QED) is 0.929. The van der Waals surface area contributed by atoms with E-state index in [1.807, 2.05) is 27.7 Å². The molecule has 0 saturated heterocycles. The first kappa shape index (κ1) is 17.7. The molecule has 1 aromatic carbocycles. The molecule has 1 rings (SSSR count). The molecule has 0 atom stereocenters. The second kappa shape index (κ2) is 6.15. The van der Waals surface area contributed by atoms with Crippen molar-refractivity contribution in [1.29, 1.82) is 0 Å². The number of amides is 1. The van der Waals surface area contributed by atoms with Crippen molar-refractivity contribution < 1.29 is 13.2 Å². The molecule has 0 aliphatic rings. The zero-order chi connectivity index (χ0) is 16.4. The van der Waals surface area contributed by atoms with Gasteiger partial charge in [0, 0.05) is 26.2 Å². The van der Waals surface area contributed by atoms with Crippen LogP contribution < -0.4 is 5.32 Å². The summed E-state index contributed by atoms with van der Waals surface area (Å²) in [5, 5.41) is 2.80. The van der Waals surface area contributed by atoms with Gasteiger partial charge in [0.15, 0.2) is 0 Å². The van der Waals surface area contributed by atoms with Crippen molar-refractivity contribution in [2.45, 2.75) is 39.0 Å². The SMILES string of the molecule is Cc1ccc(S(=O)(=O)N(C)C)cc1NC(=O)CC(C)(C)C. The molecule has 1 aromatic rings. The van der Waals surface area contributed by atoms with E-state index in [1.165, 1.54) is 20.2 Å². The topological polar surface area (TPSA) is 66.5 Å². The Morgan fingerprint density at radius 1 is 1.24 bits per heavy atom. The molecule has 6 heteroatoms. The van der Waals surface area contributed by atoms with E-state index in [0.29, 0.717) is 12.1 Å². The van der Waals surface area contributed by atoms with Gasteiger partial charge in [-0.3, -0.25) is 4.79 Å². The van der Waals surface area contributed by atoms with E-state index in [1.54, 1.807) is 12.1 Å². The number of carbonyl (C=O) groups excluding carboxylic acids is 1. The van der Waals surface area contributed by atoms with Crippen molar-refractivity contribution in [3.05, 3.63) is 23.8 Å². The number of benzene rings is 1. The highest BCUT2D eigenvalue weighted by Gasteiger charge is 2.20. The van der Waals surface area contributed by atoms with Crippen molar-refractivity contribution in [2.75, 3.05) is 19.4 Å². The van der Waals surface area contributed by atoms with E-state index in [-0.39, 0.29) is 16.2 Å². The highest BCUT2D eigenvalue weighted by Crippen LogP contribution is 2.24. The number of hydrogen-bond donors (Lipinski definition) is 1. The monoisotopic (exact) mass is 312 g/mol. The summed E-state index contributed by atoms with van der Waals surface area (Å²) in [6.45, 7) is 7.77. The first-order valence-electron chi connectivity index (χ1n) is 6.76. The summed E-state index contributed by atoms with van der Waals surface area (Å²) in [4.78, 5) is 12.2. The smallest absolute Gasteiger partial charge is 0.242 e. The third-order valence-electron chi connectivity index (χ3n) is 2.95. The minimum atomic E-state index is -3.51. The number of hydrogen-bond acceptors (Lipinski definition) is 3. The fraction of sp³-hybridized carbons (Fsp3) is 0.533. The summed E-state index contributed by atoms with van der Waals surface area (Å²) >= 11 is 0. The van der Waals surface area contributed by atoms with Crippen LogP contribution in [-0.4, -0.2) is 32.7 Å². The lowest BCUT2D eigenvalue weighted by molar-refractivity contribution is -0.117. The van der Waals surface area contributed by atoms with Gasteiger partial charge >= 0.3 is 0 Å². The Bertz CT molecular complexity index is 629. The Kier molecular flexibility index (Phi) is 5.17. The molecule has 0 heterocycles. The van der Waals surface area contributed by atoms with Crippen molar-refractivity contribution in [3.8, 4) is 0 Å². The van der Waals surface area contributed by atoms with Crippen LogP contribution in [0, 0.1) is 12.3 Å². The van der Waals surface area contributed by atoms with Gasteiger partial charge in [-0.15, -0.1) is 0 Å². The van der Waals surface area contributed by atoms with Crippen LogP contribution >= 0.6 is 0 Å². The molecule has 21 heavy (non-hydrogen) atoms. The molecule has 1 amide bonds. The third kappa shape index (κ3) is 4.82. The molecule has 5 nitrogen and oxygen atoms in total. The highest BCUT2D eigenvalue weighted by atomic mass is 32.2. The zero-order valence-corrected chi connectivity index (χ0v) is 14.3. The molecule has 0 radical (unpaired) electrons. The normalized spacial score (nSPS) is 12.5. The lowest BCUT2D eigenvalue weighted by atomic mass is 9.92.